The maximum atomic E-state index is 12.6. The molecule has 0 aliphatic heterocycles. The van der Waals surface area contributed by atoms with Gasteiger partial charge in [0.05, 0.1) is 10.8 Å². The average molecular weight is 366 g/mol. The van der Waals surface area contributed by atoms with E-state index in [4.69, 9.17) is 4.42 Å². The van der Waals surface area contributed by atoms with Crippen LogP contribution in [0.1, 0.15) is 19.4 Å². The molecule has 0 fully saturated rings. The smallest absolute Gasteiger partial charge is 0.291 e. The lowest BCUT2D eigenvalue weighted by Gasteiger charge is -2.20. The number of anilines is 1. The Kier molecular flexibility index (Phi) is 4.30. The van der Waals surface area contributed by atoms with Crippen molar-refractivity contribution in [1.82, 2.24) is 14.6 Å². The van der Waals surface area contributed by atoms with Crippen molar-refractivity contribution < 1.29 is 4.42 Å². The van der Waals surface area contributed by atoms with Crippen LogP contribution in [0, 0.1) is 0 Å². The number of nitrogens with zero attached hydrogens (tertiary/aromatic N) is 4. The van der Waals surface area contributed by atoms with E-state index in [1.807, 2.05) is 18.2 Å². The van der Waals surface area contributed by atoms with Crippen molar-refractivity contribution in [2.75, 3.05) is 18.0 Å². The highest BCUT2D eigenvalue weighted by Crippen LogP contribution is 2.17. The van der Waals surface area contributed by atoms with Crippen molar-refractivity contribution in [1.29, 1.82) is 0 Å². The molecule has 132 valence electrons. The lowest BCUT2D eigenvalue weighted by molar-refractivity contribution is 0.577. The summed E-state index contributed by atoms with van der Waals surface area (Å²) in [5.74, 6) is 0.978. The third-order valence-electron chi connectivity index (χ3n) is 4.24. The Morgan fingerprint density at radius 3 is 2.58 bits per heavy atom. The van der Waals surface area contributed by atoms with Gasteiger partial charge in [-0.15, -0.1) is 5.10 Å². The van der Waals surface area contributed by atoms with Gasteiger partial charge in [0, 0.05) is 18.8 Å². The van der Waals surface area contributed by atoms with Gasteiger partial charge >= 0.3 is 0 Å². The zero-order valence-corrected chi connectivity index (χ0v) is 15.4. The van der Waals surface area contributed by atoms with E-state index in [9.17, 15) is 4.79 Å². The van der Waals surface area contributed by atoms with E-state index >= 15 is 0 Å². The van der Waals surface area contributed by atoms with E-state index < -0.39 is 0 Å². The van der Waals surface area contributed by atoms with Crippen LogP contribution in [0.15, 0.2) is 51.9 Å². The van der Waals surface area contributed by atoms with Gasteiger partial charge in [0.25, 0.3) is 5.56 Å². The number of furan rings is 1. The van der Waals surface area contributed by atoms with Crippen LogP contribution in [-0.4, -0.2) is 27.7 Å². The highest BCUT2D eigenvalue weighted by molar-refractivity contribution is 7.15. The number of thiazole rings is 1. The minimum Gasteiger partial charge on any atom is -0.461 e. The molecular weight excluding hydrogens is 348 g/mol. The molecule has 0 aliphatic carbocycles. The second-order valence-electron chi connectivity index (χ2n) is 5.79. The van der Waals surface area contributed by atoms with E-state index in [-0.39, 0.29) is 5.56 Å². The van der Waals surface area contributed by atoms with Crippen molar-refractivity contribution in [2.24, 2.45) is 0 Å². The van der Waals surface area contributed by atoms with E-state index in [1.165, 1.54) is 21.5 Å². The Balaban J connectivity index is 1.69. The van der Waals surface area contributed by atoms with E-state index in [0.717, 1.165) is 18.7 Å². The number of rotatable bonds is 5. The molecule has 3 aromatic heterocycles. The first-order chi connectivity index (χ1) is 12.7. The molecule has 4 aromatic rings. The Morgan fingerprint density at radius 1 is 1.19 bits per heavy atom. The number of hydrogen-bond donors (Lipinski definition) is 0. The first-order valence-electron chi connectivity index (χ1n) is 8.49. The highest BCUT2D eigenvalue weighted by atomic mass is 32.1. The van der Waals surface area contributed by atoms with Crippen molar-refractivity contribution in [3.05, 3.63) is 63.1 Å². The first kappa shape index (κ1) is 16.5. The average Bonchev–Trinajstić information content (AvgIpc) is 3.37. The molecule has 4 rings (SSSR count). The molecule has 6 nitrogen and oxygen atoms in total. The normalized spacial score (nSPS) is 12.2. The summed E-state index contributed by atoms with van der Waals surface area (Å²) in [5, 5.41) is 4.26. The van der Waals surface area contributed by atoms with Crippen LogP contribution in [0.4, 0.5) is 5.69 Å². The minimum atomic E-state index is -0.164. The first-order valence-corrected chi connectivity index (χ1v) is 9.31. The molecule has 0 amide bonds. The van der Waals surface area contributed by atoms with Crippen LogP contribution < -0.4 is 15.0 Å². The Labute approximate surface area is 154 Å². The van der Waals surface area contributed by atoms with Gasteiger partial charge in [-0.2, -0.15) is 9.50 Å². The largest absolute Gasteiger partial charge is 0.461 e. The van der Waals surface area contributed by atoms with Crippen LogP contribution in [0.3, 0.4) is 0 Å². The lowest BCUT2D eigenvalue weighted by atomic mass is 10.2. The molecule has 0 atom stereocenters. The SMILES string of the molecule is CCN(CC)c1ccc(/C=c2\sc3nc(-c4ccco4)nn3c2=O)cc1. The lowest BCUT2D eigenvalue weighted by Crippen LogP contribution is -2.23. The second-order valence-corrected chi connectivity index (χ2v) is 6.80. The highest BCUT2D eigenvalue weighted by Gasteiger charge is 2.13. The molecular formula is C19H18N4O2S. The third kappa shape index (κ3) is 2.90. The summed E-state index contributed by atoms with van der Waals surface area (Å²) < 4.78 is 7.23. The minimum absolute atomic E-state index is 0.164. The molecule has 26 heavy (non-hydrogen) atoms. The van der Waals surface area contributed by atoms with Crippen LogP contribution in [0.2, 0.25) is 0 Å². The zero-order chi connectivity index (χ0) is 18.1. The van der Waals surface area contributed by atoms with Crippen molar-refractivity contribution in [3.8, 4) is 11.6 Å². The quantitative estimate of drug-likeness (QED) is 0.543. The topological polar surface area (TPSA) is 63.6 Å². The molecule has 0 bridgehead atoms. The van der Waals surface area contributed by atoms with Gasteiger partial charge in [-0.25, -0.2) is 0 Å². The van der Waals surface area contributed by atoms with Gasteiger partial charge in [-0.1, -0.05) is 23.5 Å². The molecule has 0 saturated heterocycles. The monoisotopic (exact) mass is 366 g/mol. The Morgan fingerprint density at radius 2 is 1.96 bits per heavy atom. The maximum absolute atomic E-state index is 12.6. The van der Waals surface area contributed by atoms with Gasteiger partial charge in [0.1, 0.15) is 0 Å². The van der Waals surface area contributed by atoms with Gasteiger partial charge in [-0.05, 0) is 49.8 Å². The molecule has 0 spiro atoms. The molecule has 0 radical (unpaired) electrons. The van der Waals surface area contributed by atoms with Gasteiger partial charge in [0.2, 0.25) is 10.8 Å². The molecule has 3 heterocycles. The number of fused-ring (bicyclic) bond motifs is 1. The number of hydrogen-bond acceptors (Lipinski definition) is 6. The predicted octanol–water partition coefficient (Wildman–Crippen LogP) is 2.80. The fourth-order valence-corrected chi connectivity index (χ4v) is 3.77. The standard InChI is InChI=1S/C19H18N4O2S/c1-3-22(4-2)14-9-7-13(8-10-14)12-16-18(24)23-19(26-16)20-17(21-23)15-6-5-11-25-15/h5-12H,3-4H2,1-2H3/b16-12-. The zero-order valence-electron chi connectivity index (χ0n) is 14.5. The van der Waals surface area contributed by atoms with Crippen LogP contribution in [0.25, 0.3) is 22.6 Å². The van der Waals surface area contributed by atoms with Crippen LogP contribution in [0.5, 0.6) is 0 Å². The van der Waals surface area contributed by atoms with E-state index in [0.29, 0.717) is 21.1 Å². The summed E-state index contributed by atoms with van der Waals surface area (Å²) in [6.45, 7) is 6.21. The van der Waals surface area contributed by atoms with Crippen molar-refractivity contribution in [2.45, 2.75) is 13.8 Å². The van der Waals surface area contributed by atoms with Crippen molar-refractivity contribution in [3.63, 3.8) is 0 Å². The Bertz CT molecular complexity index is 1120. The maximum Gasteiger partial charge on any atom is 0.291 e. The molecule has 0 saturated carbocycles. The molecule has 1 aromatic carbocycles. The summed E-state index contributed by atoms with van der Waals surface area (Å²) in [6.07, 6.45) is 3.44. The fraction of sp³-hybridized carbons (Fsp3) is 0.211. The molecule has 0 N–H and O–H groups in total. The molecule has 0 unspecified atom stereocenters. The second kappa shape index (κ2) is 6.76. The van der Waals surface area contributed by atoms with Crippen molar-refractivity contribution >= 4 is 28.1 Å². The summed E-state index contributed by atoms with van der Waals surface area (Å²) in [6, 6.07) is 11.7. The fourth-order valence-electron chi connectivity index (χ4n) is 2.87. The predicted molar refractivity (Wildman–Crippen MR) is 104 cm³/mol. The summed E-state index contributed by atoms with van der Waals surface area (Å²) in [7, 11) is 0. The molecule has 0 aliphatic rings. The summed E-state index contributed by atoms with van der Waals surface area (Å²) >= 11 is 1.33. The van der Waals surface area contributed by atoms with E-state index in [2.05, 4.69) is 41.0 Å². The summed E-state index contributed by atoms with van der Waals surface area (Å²) in [5.41, 5.74) is 2.00. The van der Waals surface area contributed by atoms with Crippen LogP contribution >= 0.6 is 11.3 Å². The summed E-state index contributed by atoms with van der Waals surface area (Å²) in [4.78, 5) is 19.8. The number of benzene rings is 1. The van der Waals surface area contributed by atoms with Gasteiger partial charge < -0.3 is 9.32 Å². The van der Waals surface area contributed by atoms with E-state index in [1.54, 1.807) is 18.4 Å². The molecule has 7 heteroatoms. The number of aromatic nitrogens is 3. The Hall–Kier alpha value is -2.93. The van der Waals surface area contributed by atoms with Gasteiger partial charge in [-0.3, -0.25) is 4.79 Å². The van der Waals surface area contributed by atoms with Crippen LogP contribution in [-0.2, 0) is 0 Å². The third-order valence-corrected chi connectivity index (χ3v) is 5.20. The van der Waals surface area contributed by atoms with Gasteiger partial charge in [0.15, 0.2) is 5.76 Å².